The second-order valence-electron chi connectivity index (χ2n) is 3.08. The highest BCUT2D eigenvalue weighted by Crippen LogP contribution is 2.28. The van der Waals surface area contributed by atoms with Crippen LogP contribution in [-0.4, -0.2) is 4.98 Å². The maximum atomic E-state index is 13.4. The Kier molecular flexibility index (Phi) is 2.56. The summed E-state index contributed by atoms with van der Waals surface area (Å²) in [4.78, 5) is 4.01. The van der Waals surface area contributed by atoms with Crippen molar-refractivity contribution in [1.29, 1.82) is 0 Å². The molecule has 0 aliphatic heterocycles. The summed E-state index contributed by atoms with van der Waals surface area (Å²) < 4.78 is 13.4. The smallest absolute Gasteiger partial charge is 0.132 e. The number of hydrogen-bond donors (Lipinski definition) is 1. The van der Waals surface area contributed by atoms with Crippen molar-refractivity contribution in [3.8, 4) is 11.3 Å². The largest absolute Gasteiger partial charge is 0.397 e. The maximum absolute atomic E-state index is 13.4. The van der Waals surface area contributed by atoms with Crippen molar-refractivity contribution in [2.75, 3.05) is 5.73 Å². The van der Waals surface area contributed by atoms with Crippen LogP contribution in [0.2, 0.25) is 5.02 Å². The molecule has 2 N–H and O–H groups in total. The van der Waals surface area contributed by atoms with Crippen LogP contribution < -0.4 is 5.73 Å². The molecule has 0 bridgehead atoms. The number of benzene rings is 1. The summed E-state index contributed by atoms with van der Waals surface area (Å²) >= 11 is 5.93. The van der Waals surface area contributed by atoms with Crippen LogP contribution >= 0.6 is 11.6 Å². The fourth-order valence-corrected chi connectivity index (χ4v) is 1.58. The fraction of sp³-hybridized carbons (Fsp3) is 0. The Balaban J connectivity index is 2.60. The van der Waals surface area contributed by atoms with Gasteiger partial charge in [-0.15, -0.1) is 0 Å². The Bertz CT molecular complexity index is 500. The zero-order valence-corrected chi connectivity index (χ0v) is 8.50. The van der Waals surface area contributed by atoms with E-state index in [1.165, 1.54) is 12.3 Å². The summed E-state index contributed by atoms with van der Waals surface area (Å²) in [7, 11) is 0. The van der Waals surface area contributed by atoms with E-state index in [2.05, 4.69) is 4.98 Å². The minimum Gasteiger partial charge on any atom is -0.397 e. The topological polar surface area (TPSA) is 38.9 Å². The van der Waals surface area contributed by atoms with Crippen LogP contribution in [0, 0.1) is 5.82 Å². The molecule has 0 amide bonds. The number of nitrogen functional groups attached to an aromatic ring is 1. The lowest BCUT2D eigenvalue weighted by Crippen LogP contribution is -1.92. The van der Waals surface area contributed by atoms with E-state index in [9.17, 15) is 4.39 Å². The lowest BCUT2D eigenvalue weighted by molar-refractivity contribution is 0.631. The zero-order chi connectivity index (χ0) is 10.8. The summed E-state index contributed by atoms with van der Waals surface area (Å²) in [5.74, 6) is -0.350. The van der Waals surface area contributed by atoms with E-state index in [-0.39, 0.29) is 5.82 Å². The van der Waals surface area contributed by atoms with E-state index >= 15 is 0 Å². The molecule has 0 saturated heterocycles. The Labute approximate surface area is 91.5 Å². The third-order valence-corrected chi connectivity index (χ3v) is 2.28. The highest BCUT2D eigenvalue weighted by atomic mass is 35.5. The van der Waals surface area contributed by atoms with Crippen molar-refractivity contribution in [2.45, 2.75) is 0 Å². The Morgan fingerprint density at radius 3 is 2.67 bits per heavy atom. The van der Waals surface area contributed by atoms with E-state index in [1.54, 1.807) is 24.3 Å². The monoisotopic (exact) mass is 222 g/mol. The Morgan fingerprint density at radius 2 is 2.00 bits per heavy atom. The van der Waals surface area contributed by atoms with Gasteiger partial charge < -0.3 is 5.73 Å². The van der Waals surface area contributed by atoms with Crippen molar-refractivity contribution in [3.63, 3.8) is 0 Å². The molecular formula is C11H8ClFN2. The van der Waals surface area contributed by atoms with Crippen molar-refractivity contribution >= 4 is 17.3 Å². The van der Waals surface area contributed by atoms with Crippen LogP contribution in [0.1, 0.15) is 0 Å². The third-order valence-electron chi connectivity index (χ3n) is 1.99. The van der Waals surface area contributed by atoms with E-state index in [1.807, 2.05) is 0 Å². The maximum Gasteiger partial charge on any atom is 0.132 e. The van der Waals surface area contributed by atoms with Crippen LogP contribution in [0.5, 0.6) is 0 Å². The van der Waals surface area contributed by atoms with Crippen LogP contribution in [0.3, 0.4) is 0 Å². The first-order chi connectivity index (χ1) is 7.18. The molecule has 0 unspecified atom stereocenters. The predicted molar refractivity (Wildman–Crippen MR) is 59.1 cm³/mol. The van der Waals surface area contributed by atoms with Gasteiger partial charge in [0.2, 0.25) is 0 Å². The molecule has 1 aromatic heterocycles. The number of halogens is 2. The van der Waals surface area contributed by atoms with Gasteiger partial charge in [0, 0.05) is 5.56 Å². The molecule has 0 radical (unpaired) electrons. The molecular weight excluding hydrogens is 215 g/mol. The molecule has 76 valence electrons. The van der Waals surface area contributed by atoms with Crippen LogP contribution in [0.4, 0.5) is 10.1 Å². The SMILES string of the molecule is Nc1cnc(-c2ccccc2F)c(Cl)c1. The van der Waals surface area contributed by atoms with E-state index in [0.29, 0.717) is 22.0 Å². The van der Waals surface area contributed by atoms with Crippen LogP contribution in [0.15, 0.2) is 36.5 Å². The second-order valence-corrected chi connectivity index (χ2v) is 3.49. The summed E-state index contributed by atoms with van der Waals surface area (Å²) in [5.41, 5.74) is 6.75. The summed E-state index contributed by atoms with van der Waals surface area (Å²) in [6, 6.07) is 7.89. The highest BCUT2D eigenvalue weighted by Gasteiger charge is 2.09. The average molecular weight is 223 g/mol. The molecule has 2 rings (SSSR count). The van der Waals surface area contributed by atoms with Crippen LogP contribution in [-0.2, 0) is 0 Å². The number of anilines is 1. The van der Waals surface area contributed by atoms with Gasteiger partial charge in [0.25, 0.3) is 0 Å². The minimum atomic E-state index is -0.350. The van der Waals surface area contributed by atoms with Gasteiger partial charge in [-0.25, -0.2) is 4.39 Å². The van der Waals surface area contributed by atoms with Gasteiger partial charge in [0.05, 0.1) is 22.6 Å². The standard InChI is InChI=1S/C11H8ClFN2/c12-9-5-7(14)6-15-11(9)8-3-1-2-4-10(8)13/h1-6H,14H2. The van der Waals surface area contributed by atoms with Gasteiger partial charge in [0.15, 0.2) is 0 Å². The molecule has 0 aliphatic rings. The molecule has 0 saturated carbocycles. The molecule has 2 nitrogen and oxygen atoms in total. The molecule has 4 heteroatoms. The summed E-state index contributed by atoms with van der Waals surface area (Å²) in [6.07, 6.45) is 1.45. The number of aromatic nitrogens is 1. The molecule has 0 fully saturated rings. The predicted octanol–water partition coefficient (Wildman–Crippen LogP) is 3.12. The molecule has 15 heavy (non-hydrogen) atoms. The summed E-state index contributed by atoms with van der Waals surface area (Å²) in [6.45, 7) is 0. The average Bonchev–Trinajstić information content (AvgIpc) is 2.20. The van der Waals surface area contributed by atoms with Gasteiger partial charge in [-0.1, -0.05) is 23.7 Å². The van der Waals surface area contributed by atoms with Crippen molar-refractivity contribution < 1.29 is 4.39 Å². The zero-order valence-electron chi connectivity index (χ0n) is 7.74. The number of nitrogens with two attached hydrogens (primary N) is 1. The molecule has 0 atom stereocenters. The Morgan fingerprint density at radius 1 is 1.27 bits per heavy atom. The van der Waals surface area contributed by atoms with E-state index in [4.69, 9.17) is 17.3 Å². The van der Waals surface area contributed by atoms with Crippen LogP contribution in [0.25, 0.3) is 11.3 Å². The molecule has 1 aromatic carbocycles. The van der Waals surface area contributed by atoms with Gasteiger partial charge >= 0.3 is 0 Å². The number of rotatable bonds is 1. The quantitative estimate of drug-likeness (QED) is 0.805. The Hall–Kier alpha value is -1.61. The van der Waals surface area contributed by atoms with Gasteiger partial charge in [-0.3, -0.25) is 4.98 Å². The van der Waals surface area contributed by atoms with Crippen molar-refractivity contribution in [3.05, 3.63) is 47.4 Å². The van der Waals surface area contributed by atoms with E-state index < -0.39 is 0 Å². The number of nitrogens with zero attached hydrogens (tertiary/aromatic N) is 1. The normalized spacial score (nSPS) is 10.3. The summed E-state index contributed by atoms with van der Waals surface area (Å²) in [5, 5.41) is 0.347. The molecule has 2 aromatic rings. The molecule has 0 spiro atoms. The lowest BCUT2D eigenvalue weighted by Gasteiger charge is -2.04. The first-order valence-corrected chi connectivity index (χ1v) is 4.72. The molecule has 1 heterocycles. The first-order valence-electron chi connectivity index (χ1n) is 4.34. The van der Waals surface area contributed by atoms with Crippen molar-refractivity contribution in [1.82, 2.24) is 4.98 Å². The minimum absolute atomic E-state index is 0.347. The molecule has 0 aliphatic carbocycles. The van der Waals surface area contributed by atoms with Gasteiger partial charge in [-0.05, 0) is 18.2 Å². The van der Waals surface area contributed by atoms with Crippen molar-refractivity contribution in [2.24, 2.45) is 0 Å². The lowest BCUT2D eigenvalue weighted by atomic mass is 10.1. The second kappa shape index (κ2) is 3.87. The van der Waals surface area contributed by atoms with E-state index in [0.717, 1.165) is 0 Å². The highest BCUT2D eigenvalue weighted by molar-refractivity contribution is 6.33. The third kappa shape index (κ3) is 1.92. The first kappa shape index (κ1) is 9.93. The fourth-order valence-electron chi connectivity index (χ4n) is 1.30. The van der Waals surface area contributed by atoms with Gasteiger partial charge in [-0.2, -0.15) is 0 Å². The number of hydrogen-bond acceptors (Lipinski definition) is 2. The van der Waals surface area contributed by atoms with Gasteiger partial charge in [0.1, 0.15) is 5.82 Å². The number of pyridine rings is 1.